The largest absolute Gasteiger partial charge is 0.420 e. The van der Waals surface area contributed by atoms with Crippen molar-refractivity contribution in [2.24, 2.45) is 5.92 Å². The SMILES string of the molecule is O=C(C1CC1)N1CCCC(c2nnc(-c3cccs3)o2)C1. The summed E-state index contributed by atoms with van der Waals surface area (Å²) in [4.78, 5) is 15.2. The summed E-state index contributed by atoms with van der Waals surface area (Å²) in [5.41, 5.74) is 0. The lowest BCUT2D eigenvalue weighted by Crippen LogP contribution is -2.40. The second kappa shape index (κ2) is 5.26. The summed E-state index contributed by atoms with van der Waals surface area (Å²) in [5, 5.41) is 10.3. The van der Waals surface area contributed by atoms with E-state index in [1.165, 1.54) is 0 Å². The van der Waals surface area contributed by atoms with Crippen molar-refractivity contribution in [2.75, 3.05) is 13.1 Å². The molecule has 0 N–H and O–H groups in total. The van der Waals surface area contributed by atoms with Gasteiger partial charge in [0.2, 0.25) is 11.8 Å². The van der Waals surface area contributed by atoms with E-state index in [1.54, 1.807) is 11.3 Å². The summed E-state index contributed by atoms with van der Waals surface area (Å²) in [6, 6.07) is 3.95. The average Bonchev–Trinajstić information content (AvgIpc) is 3.03. The zero-order valence-electron chi connectivity index (χ0n) is 11.7. The van der Waals surface area contributed by atoms with E-state index < -0.39 is 0 Å². The number of nitrogens with zero attached hydrogens (tertiary/aromatic N) is 3. The van der Waals surface area contributed by atoms with Crippen LogP contribution in [-0.4, -0.2) is 34.1 Å². The van der Waals surface area contributed by atoms with Gasteiger partial charge in [0.1, 0.15) is 0 Å². The van der Waals surface area contributed by atoms with Crippen molar-refractivity contribution in [2.45, 2.75) is 31.6 Å². The minimum atomic E-state index is 0.183. The first-order chi connectivity index (χ1) is 10.3. The fourth-order valence-corrected chi connectivity index (χ4v) is 3.51. The Kier molecular flexibility index (Phi) is 3.25. The van der Waals surface area contributed by atoms with Crippen molar-refractivity contribution < 1.29 is 9.21 Å². The molecular formula is C15H17N3O2S. The van der Waals surface area contributed by atoms with Gasteiger partial charge in [-0.2, -0.15) is 0 Å². The Morgan fingerprint density at radius 1 is 1.33 bits per heavy atom. The van der Waals surface area contributed by atoms with Gasteiger partial charge >= 0.3 is 0 Å². The van der Waals surface area contributed by atoms with Crippen molar-refractivity contribution in [3.63, 3.8) is 0 Å². The fourth-order valence-electron chi connectivity index (χ4n) is 2.87. The molecule has 2 fully saturated rings. The molecule has 3 heterocycles. The molecule has 1 saturated carbocycles. The van der Waals surface area contributed by atoms with Crippen LogP contribution in [0.15, 0.2) is 21.9 Å². The molecule has 0 radical (unpaired) electrons. The fraction of sp³-hybridized carbons (Fsp3) is 0.533. The normalized spacial score (nSPS) is 22.5. The van der Waals surface area contributed by atoms with Gasteiger partial charge in [0.15, 0.2) is 0 Å². The number of hydrogen-bond acceptors (Lipinski definition) is 5. The number of aromatic nitrogens is 2. The molecule has 2 aromatic heterocycles. The Bertz CT molecular complexity index is 633. The lowest BCUT2D eigenvalue weighted by atomic mass is 9.97. The maximum Gasteiger partial charge on any atom is 0.257 e. The molecule has 1 saturated heterocycles. The number of thiophene rings is 1. The summed E-state index contributed by atoms with van der Waals surface area (Å²) in [6.07, 6.45) is 4.15. The van der Waals surface area contributed by atoms with E-state index in [-0.39, 0.29) is 11.8 Å². The van der Waals surface area contributed by atoms with Crippen LogP contribution in [0, 0.1) is 5.92 Å². The van der Waals surface area contributed by atoms with Crippen molar-refractivity contribution in [3.8, 4) is 10.8 Å². The third kappa shape index (κ3) is 2.60. The molecule has 21 heavy (non-hydrogen) atoms. The topological polar surface area (TPSA) is 59.2 Å². The first-order valence-electron chi connectivity index (χ1n) is 7.47. The minimum Gasteiger partial charge on any atom is -0.420 e. The van der Waals surface area contributed by atoms with Crippen LogP contribution < -0.4 is 0 Å². The minimum absolute atomic E-state index is 0.183. The van der Waals surface area contributed by atoms with Gasteiger partial charge in [-0.25, -0.2) is 0 Å². The van der Waals surface area contributed by atoms with Gasteiger partial charge in [-0.3, -0.25) is 4.79 Å². The van der Waals surface area contributed by atoms with Crippen LogP contribution in [0.2, 0.25) is 0 Å². The van der Waals surface area contributed by atoms with Gasteiger partial charge in [-0.05, 0) is 37.1 Å². The highest BCUT2D eigenvalue weighted by Gasteiger charge is 2.36. The second-order valence-electron chi connectivity index (χ2n) is 5.82. The van der Waals surface area contributed by atoms with E-state index in [2.05, 4.69) is 10.2 Å². The molecule has 2 aromatic rings. The number of carbonyl (C=O) groups is 1. The number of hydrogen-bond donors (Lipinski definition) is 0. The molecule has 4 rings (SSSR count). The first-order valence-corrected chi connectivity index (χ1v) is 8.35. The third-order valence-corrected chi connectivity index (χ3v) is 5.04. The predicted molar refractivity (Wildman–Crippen MR) is 78.9 cm³/mol. The predicted octanol–water partition coefficient (Wildman–Crippen LogP) is 2.91. The van der Waals surface area contributed by atoms with Crippen molar-refractivity contribution in [3.05, 3.63) is 23.4 Å². The molecule has 1 aliphatic heterocycles. The lowest BCUT2D eigenvalue weighted by Gasteiger charge is -2.31. The van der Waals surface area contributed by atoms with E-state index in [0.29, 0.717) is 17.7 Å². The zero-order chi connectivity index (χ0) is 14.2. The monoisotopic (exact) mass is 303 g/mol. The number of amides is 1. The molecule has 1 aliphatic carbocycles. The summed E-state index contributed by atoms with van der Waals surface area (Å²) in [5.74, 6) is 2.05. The summed E-state index contributed by atoms with van der Waals surface area (Å²) in [6.45, 7) is 1.60. The van der Waals surface area contributed by atoms with E-state index in [0.717, 1.165) is 43.6 Å². The van der Waals surface area contributed by atoms with Crippen molar-refractivity contribution >= 4 is 17.2 Å². The second-order valence-corrected chi connectivity index (χ2v) is 6.77. The average molecular weight is 303 g/mol. The lowest BCUT2D eigenvalue weighted by molar-refractivity contribution is -0.133. The summed E-state index contributed by atoms with van der Waals surface area (Å²) < 4.78 is 5.82. The van der Waals surface area contributed by atoms with Crippen molar-refractivity contribution in [1.82, 2.24) is 15.1 Å². The van der Waals surface area contributed by atoms with Gasteiger partial charge in [0.25, 0.3) is 5.89 Å². The Morgan fingerprint density at radius 2 is 2.24 bits per heavy atom. The maximum atomic E-state index is 12.2. The van der Waals surface area contributed by atoms with Gasteiger partial charge in [0, 0.05) is 19.0 Å². The Morgan fingerprint density at radius 3 is 3.00 bits per heavy atom. The van der Waals surface area contributed by atoms with Crippen LogP contribution in [0.25, 0.3) is 10.8 Å². The van der Waals surface area contributed by atoms with Crippen LogP contribution in [0.1, 0.15) is 37.5 Å². The molecule has 0 spiro atoms. The molecule has 0 aromatic carbocycles. The molecule has 6 heteroatoms. The van der Waals surface area contributed by atoms with Gasteiger partial charge in [-0.15, -0.1) is 21.5 Å². The van der Waals surface area contributed by atoms with Crippen LogP contribution in [0.3, 0.4) is 0 Å². The summed E-state index contributed by atoms with van der Waals surface area (Å²) in [7, 11) is 0. The van der Waals surface area contributed by atoms with Crippen molar-refractivity contribution in [1.29, 1.82) is 0 Å². The van der Waals surface area contributed by atoms with Crippen LogP contribution >= 0.6 is 11.3 Å². The highest BCUT2D eigenvalue weighted by molar-refractivity contribution is 7.13. The third-order valence-electron chi connectivity index (χ3n) is 4.18. The molecule has 1 unspecified atom stereocenters. The Labute approximate surface area is 127 Å². The standard InChI is InChI=1S/C15H17N3O2S/c19-15(10-5-6-10)18-7-1-3-11(9-18)13-16-17-14(20-13)12-4-2-8-21-12/h2,4,8,10-11H,1,3,5-7,9H2. The highest BCUT2D eigenvalue weighted by Crippen LogP contribution is 2.35. The van der Waals surface area contributed by atoms with E-state index in [4.69, 9.17) is 4.42 Å². The smallest absolute Gasteiger partial charge is 0.257 e. The first kappa shape index (κ1) is 13.0. The molecule has 0 bridgehead atoms. The van der Waals surface area contributed by atoms with Crippen LogP contribution in [-0.2, 0) is 4.79 Å². The number of piperidine rings is 1. The molecule has 5 nitrogen and oxygen atoms in total. The van der Waals surface area contributed by atoms with Gasteiger partial charge in [-0.1, -0.05) is 6.07 Å². The molecule has 110 valence electrons. The van der Waals surface area contributed by atoms with E-state index in [9.17, 15) is 4.79 Å². The molecular weight excluding hydrogens is 286 g/mol. The van der Waals surface area contributed by atoms with Gasteiger partial charge in [0.05, 0.1) is 10.8 Å². The maximum absolute atomic E-state index is 12.2. The Balaban J connectivity index is 1.49. The number of likely N-dealkylation sites (tertiary alicyclic amines) is 1. The van der Waals surface area contributed by atoms with E-state index in [1.807, 2.05) is 22.4 Å². The van der Waals surface area contributed by atoms with Crippen LogP contribution in [0.5, 0.6) is 0 Å². The van der Waals surface area contributed by atoms with Gasteiger partial charge < -0.3 is 9.32 Å². The number of rotatable bonds is 3. The Hall–Kier alpha value is -1.69. The quantitative estimate of drug-likeness (QED) is 0.874. The number of carbonyl (C=O) groups excluding carboxylic acids is 1. The molecule has 1 amide bonds. The highest BCUT2D eigenvalue weighted by atomic mass is 32.1. The van der Waals surface area contributed by atoms with E-state index >= 15 is 0 Å². The van der Waals surface area contributed by atoms with Crippen LogP contribution in [0.4, 0.5) is 0 Å². The molecule has 1 atom stereocenters. The zero-order valence-corrected chi connectivity index (χ0v) is 12.5. The summed E-state index contributed by atoms with van der Waals surface area (Å²) >= 11 is 1.59. The molecule has 2 aliphatic rings.